The first-order chi connectivity index (χ1) is 9.06. The molecule has 2 N–H and O–H groups in total. The van der Waals surface area contributed by atoms with Gasteiger partial charge in [0, 0.05) is 25.7 Å². The first-order valence-corrected chi connectivity index (χ1v) is 6.49. The number of carbonyl (C=O) groups is 1. The smallest absolute Gasteiger partial charge is 0.234 e. The van der Waals surface area contributed by atoms with Crippen LogP contribution in [0, 0.1) is 12.7 Å². The molecule has 19 heavy (non-hydrogen) atoms. The van der Waals surface area contributed by atoms with E-state index in [9.17, 15) is 9.18 Å². The lowest BCUT2D eigenvalue weighted by atomic mass is 10.1. The summed E-state index contributed by atoms with van der Waals surface area (Å²) in [6.07, 6.45) is 0. The van der Waals surface area contributed by atoms with Crippen molar-refractivity contribution >= 4 is 5.91 Å². The van der Waals surface area contributed by atoms with Crippen LogP contribution >= 0.6 is 0 Å². The number of rotatable bonds is 5. The highest BCUT2D eigenvalue weighted by Crippen LogP contribution is 2.09. The summed E-state index contributed by atoms with van der Waals surface area (Å²) in [4.78, 5) is 13.8. The average molecular weight is 265 g/mol. The molecule has 0 spiro atoms. The van der Waals surface area contributed by atoms with E-state index >= 15 is 0 Å². The molecule has 0 atom stereocenters. The van der Waals surface area contributed by atoms with Crippen LogP contribution in [0.3, 0.4) is 0 Å². The summed E-state index contributed by atoms with van der Waals surface area (Å²) in [7, 11) is 1.94. The van der Waals surface area contributed by atoms with Crippen LogP contribution in [-0.4, -0.2) is 43.5 Å². The molecule has 0 aliphatic carbocycles. The number of nitrogens with one attached hydrogen (secondary N) is 2. The number of aryl methyl sites for hydroxylation is 1. The second-order valence-electron chi connectivity index (χ2n) is 5.09. The maximum absolute atomic E-state index is 13.3. The maximum Gasteiger partial charge on any atom is 0.234 e. The number of nitrogens with zero attached hydrogens (tertiary/aromatic N) is 1. The molecule has 1 aliphatic rings. The number of carbonyl (C=O) groups excluding carboxylic acids is 1. The SMILES string of the molecule is Cc1ccc(CNC(=O)CN(C)C2CNC2)cc1F. The largest absolute Gasteiger partial charge is 0.351 e. The Hall–Kier alpha value is -1.46. The second kappa shape index (κ2) is 6.12. The Kier molecular flexibility index (Phi) is 4.50. The van der Waals surface area contributed by atoms with Gasteiger partial charge in [0.25, 0.3) is 0 Å². The first-order valence-electron chi connectivity index (χ1n) is 6.49. The van der Waals surface area contributed by atoms with Crippen LogP contribution in [0.2, 0.25) is 0 Å². The summed E-state index contributed by atoms with van der Waals surface area (Å²) >= 11 is 0. The molecule has 5 heteroatoms. The standard InChI is InChI=1S/C14H20FN3O/c1-10-3-4-11(5-13(10)15)6-17-14(19)9-18(2)12-7-16-8-12/h3-5,12,16H,6-9H2,1-2H3,(H,17,19). The highest BCUT2D eigenvalue weighted by molar-refractivity contribution is 5.78. The molecule has 1 aliphatic heterocycles. The van der Waals surface area contributed by atoms with Gasteiger partial charge in [0.2, 0.25) is 5.91 Å². The van der Waals surface area contributed by atoms with E-state index in [4.69, 9.17) is 0 Å². The van der Waals surface area contributed by atoms with Gasteiger partial charge in [0.1, 0.15) is 5.82 Å². The monoisotopic (exact) mass is 265 g/mol. The van der Waals surface area contributed by atoms with Gasteiger partial charge >= 0.3 is 0 Å². The molecule has 4 nitrogen and oxygen atoms in total. The van der Waals surface area contributed by atoms with Crippen molar-refractivity contribution < 1.29 is 9.18 Å². The Bertz CT molecular complexity index is 460. The summed E-state index contributed by atoms with van der Waals surface area (Å²) in [5.74, 6) is -0.264. The Morgan fingerprint density at radius 1 is 1.53 bits per heavy atom. The summed E-state index contributed by atoms with van der Waals surface area (Å²) in [5, 5.41) is 5.98. The number of likely N-dealkylation sites (N-methyl/N-ethyl adjacent to an activating group) is 1. The zero-order valence-electron chi connectivity index (χ0n) is 11.4. The molecular weight excluding hydrogens is 245 g/mol. The summed E-state index contributed by atoms with van der Waals surface area (Å²) in [6, 6.07) is 5.47. The molecule has 0 aromatic heterocycles. The van der Waals surface area contributed by atoms with Crippen molar-refractivity contribution in [1.29, 1.82) is 0 Å². The fraction of sp³-hybridized carbons (Fsp3) is 0.500. The first kappa shape index (κ1) is 14.0. The zero-order chi connectivity index (χ0) is 13.8. The molecule has 1 amide bonds. The van der Waals surface area contributed by atoms with Crippen LogP contribution in [-0.2, 0) is 11.3 Å². The predicted octanol–water partition coefficient (Wildman–Crippen LogP) is 0.654. The molecule has 1 aromatic rings. The van der Waals surface area contributed by atoms with Crippen LogP contribution in [0.5, 0.6) is 0 Å². The van der Waals surface area contributed by atoms with Crippen LogP contribution in [0.15, 0.2) is 18.2 Å². The number of benzene rings is 1. The van der Waals surface area contributed by atoms with Gasteiger partial charge in [0.15, 0.2) is 0 Å². The van der Waals surface area contributed by atoms with E-state index in [0.717, 1.165) is 18.7 Å². The van der Waals surface area contributed by atoms with Crippen molar-refractivity contribution in [1.82, 2.24) is 15.5 Å². The molecule has 0 saturated carbocycles. The van der Waals surface area contributed by atoms with Gasteiger partial charge in [-0.1, -0.05) is 12.1 Å². The molecular formula is C14H20FN3O. The lowest BCUT2D eigenvalue weighted by Gasteiger charge is -2.35. The lowest BCUT2D eigenvalue weighted by Crippen LogP contribution is -2.57. The molecule has 0 bridgehead atoms. The van der Waals surface area contributed by atoms with Crippen LogP contribution < -0.4 is 10.6 Å². The number of halogens is 1. The second-order valence-corrected chi connectivity index (χ2v) is 5.09. The van der Waals surface area contributed by atoms with E-state index in [1.807, 2.05) is 18.0 Å². The third-order valence-corrected chi connectivity index (χ3v) is 3.50. The van der Waals surface area contributed by atoms with Crippen LogP contribution in [0.1, 0.15) is 11.1 Å². The molecule has 1 aromatic carbocycles. The van der Waals surface area contributed by atoms with E-state index < -0.39 is 0 Å². The molecule has 0 radical (unpaired) electrons. The predicted molar refractivity (Wildman–Crippen MR) is 72.3 cm³/mol. The van der Waals surface area contributed by atoms with Gasteiger partial charge in [-0.15, -0.1) is 0 Å². The van der Waals surface area contributed by atoms with Gasteiger partial charge in [-0.2, -0.15) is 0 Å². The molecule has 0 unspecified atom stereocenters. The normalized spacial score (nSPS) is 15.4. The van der Waals surface area contributed by atoms with Gasteiger partial charge in [-0.3, -0.25) is 9.69 Å². The Balaban J connectivity index is 1.77. The highest BCUT2D eigenvalue weighted by Gasteiger charge is 2.22. The van der Waals surface area contributed by atoms with Gasteiger partial charge in [-0.25, -0.2) is 4.39 Å². The van der Waals surface area contributed by atoms with E-state index in [1.165, 1.54) is 6.07 Å². The average Bonchev–Trinajstić information content (AvgIpc) is 2.28. The Morgan fingerprint density at radius 2 is 2.26 bits per heavy atom. The number of amides is 1. The molecule has 104 valence electrons. The summed E-state index contributed by atoms with van der Waals surface area (Å²) < 4.78 is 13.3. The molecule has 1 saturated heterocycles. The van der Waals surface area contributed by atoms with Gasteiger partial charge in [0.05, 0.1) is 6.54 Å². The van der Waals surface area contributed by atoms with Crippen molar-refractivity contribution in [2.45, 2.75) is 19.5 Å². The summed E-state index contributed by atoms with van der Waals surface area (Å²) in [6.45, 7) is 4.34. The van der Waals surface area contributed by atoms with Crippen LogP contribution in [0.25, 0.3) is 0 Å². The lowest BCUT2D eigenvalue weighted by molar-refractivity contribution is -0.122. The molecule has 2 rings (SSSR count). The highest BCUT2D eigenvalue weighted by atomic mass is 19.1. The fourth-order valence-corrected chi connectivity index (χ4v) is 1.94. The topological polar surface area (TPSA) is 44.4 Å². The van der Waals surface area contributed by atoms with Crippen molar-refractivity contribution in [3.8, 4) is 0 Å². The van der Waals surface area contributed by atoms with Crippen molar-refractivity contribution in [3.05, 3.63) is 35.1 Å². The van der Waals surface area contributed by atoms with Crippen molar-refractivity contribution in [3.63, 3.8) is 0 Å². The number of hydrogen-bond donors (Lipinski definition) is 2. The van der Waals surface area contributed by atoms with E-state index in [1.54, 1.807) is 13.0 Å². The maximum atomic E-state index is 13.3. The quantitative estimate of drug-likeness (QED) is 0.822. The molecule has 1 fully saturated rings. The summed E-state index contributed by atoms with van der Waals surface area (Å²) in [5.41, 5.74) is 1.40. The minimum Gasteiger partial charge on any atom is -0.351 e. The van der Waals surface area contributed by atoms with Crippen LogP contribution in [0.4, 0.5) is 4.39 Å². The van der Waals surface area contributed by atoms with E-state index in [-0.39, 0.29) is 11.7 Å². The minimum atomic E-state index is -0.232. The third kappa shape index (κ3) is 3.75. The van der Waals surface area contributed by atoms with Crippen molar-refractivity contribution in [2.75, 3.05) is 26.7 Å². The van der Waals surface area contributed by atoms with E-state index in [0.29, 0.717) is 24.7 Å². The van der Waals surface area contributed by atoms with Gasteiger partial charge < -0.3 is 10.6 Å². The minimum absolute atomic E-state index is 0.0321. The fourth-order valence-electron chi connectivity index (χ4n) is 1.94. The van der Waals surface area contributed by atoms with E-state index in [2.05, 4.69) is 10.6 Å². The Labute approximate surface area is 113 Å². The number of hydrogen-bond acceptors (Lipinski definition) is 3. The molecule has 1 heterocycles. The van der Waals surface area contributed by atoms with Gasteiger partial charge in [-0.05, 0) is 31.2 Å². The van der Waals surface area contributed by atoms with Crippen molar-refractivity contribution in [2.24, 2.45) is 0 Å². The zero-order valence-corrected chi connectivity index (χ0v) is 11.4. The third-order valence-electron chi connectivity index (χ3n) is 3.50. The Morgan fingerprint density at radius 3 is 2.84 bits per heavy atom.